The summed E-state index contributed by atoms with van der Waals surface area (Å²) in [5.41, 5.74) is 2.97. The number of benzene rings is 2. The maximum Gasteiger partial charge on any atom is 0.411 e. The number of para-hydroxylation sites is 2. The quantitative estimate of drug-likeness (QED) is 0.709. The number of fused-ring (bicyclic) bond motifs is 1. The van der Waals surface area contributed by atoms with Crippen molar-refractivity contribution in [3.8, 4) is 0 Å². The molecular formula is C20H22N4O4. The molecule has 0 saturated heterocycles. The largest absolute Gasteiger partial charge is 0.450 e. The van der Waals surface area contributed by atoms with E-state index >= 15 is 0 Å². The molecule has 8 heteroatoms. The number of ether oxygens (including phenoxy) is 1. The van der Waals surface area contributed by atoms with Gasteiger partial charge in [-0.05, 0) is 43.7 Å². The molecule has 0 radical (unpaired) electrons. The van der Waals surface area contributed by atoms with Crippen LogP contribution in [0, 0.1) is 6.92 Å². The van der Waals surface area contributed by atoms with Crippen molar-refractivity contribution in [2.75, 3.05) is 17.2 Å². The average molecular weight is 382 g/mol. The molecule has 0 saturated carbocycles. The summed E-state index contributed by atoms with van der Waals surface area (Å²) >= 11 is 0. The monoisotopic (exact) mass is 382 g/mol. The van der Waals surface area contributed by atoms with Gasteiger partial charge in [-0.3, -0.25) is 19.2 Å². The van der Waals surface area contributed by atoms with E-state index in [1.807, 2.05) is 18.2 Å². The highest BCUT2D eigenvalue weighted by Crippen LogP contribution is 2.23. The highest BCUT2D eigenvalue weighted by molar-refractivity contribution is 5.94. The summed E-state index contributed by atoms with van der Waals surface area (Å²) in [5, 5.41) is 5.45. The van der Waals surface area contributed by atoms with E-state index in [9.17, 15) is 14.4 Å². The molecule has 1 aromatic heterocycles. The van der Waals surface area contributed by atoms with Crippen molar-refractivity contribution in [1.29, 1.82) is 0 Å². The van der Waals surface area contributed by atoms with Gasteiger partial charge in [0.05, 0.1) is 17.6 Å². The van der Waals surface area contributed by atoms with Gasteiger partial charge in [0.25, 0.3) is 0 Å². The maximum atomic E-state index is 12.6. The van der Waals surface area contributed by atoms with Crippen LogP contribution in [0.5, 0.6) is 0 Å². The smallest absolute Gasteiger partial charge is 0.411 e. The SMILES string of the molecule is CCOC(=O)Nc1cccc(NC(=O)Cn2c(=O)n(C)c3ccccc32)c1C. The number of amides is 2. The zero-order valence-corrected chi connectivity index (χ0v) is 16.0. The zero-order chi connectivity index (χ0) is 20.3. The van der Waals surface area contributed by atoms with E-state index in [1.54, 1.807) is 45.2 Å². The fraction of sp³-hybridized carbons (Fsp3) is 0.250. The summed E-state index contributed by atoms with van der Waals surface area (Å²) in [6, 6.07) is 12.5. The van der Waals surface area contributed by atoms with Crippen molar-refractivity contribution in [3.05, 3.63) is 58.5 Å². The lowest BCUT2D eigenvalue weighted by atomic mass is 10.1. The van der Waals surface area contributed by atoms with Crippen LogP contribution < -0.4 is 16.3 Å². The van der Waals surface area contributed by atoms with E-state index in [0.717, 1.165) is 5.52 Å². The van der Waals surface area contributed by atoms with E-state index in [0.29, 0.717) is 22.5 Å². The minimum Gasteiger partial charge on any atom is -0.450 e. The van der Waals surface area contributed by atoms with E-state index in [4.69, 9.17) is 4.74 Å². The van der Waals surface area contributed by atoms with Gasteiger partial charge in [-0.15, -0.1) is 0 Å². The first kappa shape index (κ1) is 19.2. The van der Waals surface area contributed by atoms with Gasteiger partial charge in [-0.1, -0.05) is 18.2 Å². The summed E-state index contributed by atoms with van der Waals surface area (Å²) in [5.74, 6) is -0.338. The third-order valence-corrected chi connectivity index (χ3v) is 4.47. The first-order valence-corrected chi connectivity index (χ1v) is 8.90. The molecule has 2 aromatic carbocycles. The molecule has 2 N–H and O–H groups in total. The molecule has 0 unspecified atom stereocenters. The molecule has 0 atom stereocenters. The number of aryl methyl sites for hydroxylation is 1. The van der Waals surface area contributed by atoms with E-state index < -0.39 is 6.09 Å². The number of carbonyl (C=O) groups is 2. The van der Waals surface area contributed by atoms with Crippen molar-refractivity contribution in [2.24, 2.45) is 7.05 Å². The Morgan fingerprint density at radius 1 is 1.00 bits per heavy atom. The number of nitrogens with one attached hydrogen (secondary N) is 2. The predicted octanol–water partition coefficient (Wildman–Crippen LogP) is 2.86. The fourth-order valence-corrected chi connectivity index (χ4v) is 3.03. The Morgan fingerprint density at radius 2 is 1.64 bits per heavy atom. The topological polar surface area (TPSA) is 94.4 Å². The lowest BCUT2D eigenvalue weighted by Gasteiger charge is -2.13. The number of imidazole rings is 1. The van der Waals surface area contributed by atoms with Gasteiger partial charge in [-0.25, -0.2) is 9.59 Å². The van der Waals surface area contributed by atoms with E-state index in [2.05, 4.69) is 10.6 Å². The minimum absolute atomic E-state index is 0.116. The number of hydrogen-bond donors (Lipinski definition) is 2. The lowest BCUT2D eigenvalue weighted by Crippen LogP contribution is -2.28. The van der Waals surface area contributed by atoms with Gasteiger partial charge >= 0.3 is 11.8 Å². The zero-order valence-electron chi connectivity index (χ0n) is 16.0. The van der Waals surface area contributed by atoms with Crippen LogP contribution >= 0.6 is 0 Å². The van der Waals surface area contributed by atoms with Crippen LogP contribution in [0.3, 0.4) is 0 Å². The highest BCUT2D eigenvalue weighted by Gasteiger charge is 2.15. The van der Waals surface area contributed by atoms with Crippen LogP contribution in [0.4, 0.5) is 16.2 Å². The van der Waals surface area contributed by atoms with Gasteiger partial charge in [0.15, 0.2) is 0 Å². The molecule has 0 aliphatic carbocycles. The fourth-order valence-electron chi connectivity index (χ4n) is 3.03. The number of carbonyl (C=O) groups excluding carboxylic acids is 2. The lowest BCUT2D eigenvalue weighted by molar-refractivity contribution is -0.116. The van der Waals surface area contributed by atoms with E-state index in [1.165, 1.54) is 9.13 Å². The maximum absolute atomic E-state index is 12.6. The van der Waals surface area contributed by atoms with Crippen LogP contribution in [0.25, 0.3) is 11.0 Å². The number of nitrogens with zero attached hydrogens (tertiary/aromatic N) is 2. The Balaban J connectivity index is 1.80. The van der Waals surface area contributed by atoms with Crippen LogP contribution in [0.15, 0.2) is 47.3 Å². The molecule has 0 spiro atoms. The molecule has 1 heterocycles. The van der Waals surface area contributed by atoms with Crippen molar-refractivity contribution >= 4 is 34.4 Å². The summed E-state index contributed by atoms with van der Waals surface area (Å²) in [6.07, 6.45) is -0.559. The minimum atomic E-state index is -0.559. The Kier molecular flexibility index (Phi) is 5.49. The van der Waals surface area contributed by atoms with Gasteiger partial charge < -0.3 is 10.1 Å². The summed E-state index contributed by atoms with van der Waals surface area (Å²) in [7, 11) is 1.67. The summed E-state index contributed by atoms with van der Waals surface area (Å²) in [4.78, 5) is 36.7. The van der Waals surface area contributed by atoms with Crippen molar-refractivity contribution in [3.63, 3.8) is 0 Å². The molecule has 0 aliphatic heterocycles. The molecule has 2 amide bonds. The van der Waals surface area contributed by atoms with Crippen molar-refractivity contribution in [1.82, 2.24) is 9.13 Å². The van der Waals surface area contributed by atoms with Crippen molar-refractivity contribution in [2.45, 2.75) is 20.4 Å². The second-order valence-electron chi connectivity index (χ2n) is 6.29. The predicted molar refractivity (Wildman–Crippen MR) is 108 cm³/mol. The third-order valence-electron chi connectivity index (χ3n) is 4.47. The first-order chi connectivity index (χ1) is 13.4. The molecule has 8 nitrogen and oxygen atoms in total. The van der Waals surface area contributed by atoms with Gasteiger partial charge in [0.1, 0.15) is 6.54 Å². The summed E-state index contributed by atoms with van der Waals surface area (Å²) < 4.78 is 7.82. The van der Waals surface area contributed by atoms with Crippen LogP contribution in [0.1, 0.15) is 12.5 Å². The molecule has 146 valence electrons. The summed E-state index contributed by atoms with van der Waals surface area (Å²) in [6.45, 7) is 3.65. The molecule has 0 aliphatic rings. The molecule has 3 rings (SSSR count). The van der Waals surface area contributed by atoms with Gasteiger partial charge in [0.2, 0.25) is 5.91 Å². The third kappa shape index (κ3) is 3.75. The first-order valence-electron chi connectivity index (χ1n) is 8.90. The van der Waals surface area contributed by atoms with Gasteiger partial charge in [0, 0.05) is 18.4 Å². The van der Waals surface area contributed by atoms with Gasteiger partial charge in [-0.2, -0.15) is 0 Å². The van der Waals surface area contributed by atoms with Crippen molar-refractivity contribution < 1.29 is 14.3 Å². The average Bonchev–Trinajstić information content (AvgIpc) is 2.90. The molecule has 0 fully saturated rings. The number of hydrogen-bond acceptors (Lipinski definition) is 4. The number of rotatable bonds is 5. The molecular weight excluding hydrogens is 360 g/mol. The van der Waals surface area contributed by atoms with Crippen LogP contribution in [0.2, 0.25) is 0 Å². The van der Waals surface area contributed by atoms with Crippen LogP contribution in [-0.4, -0.2) is 27.7 Å². The van der Waals surface area contributed by atoms with Crippen LogP contribution in [-0.2, 0) is 23.1 Å². The number of anilines is 2. The number of aromatic nitrogens is 2. The Hall–Kier alpha value is -3.55. The Bertz CT molecular complexity index is 1100. The second-order valence-corrected chi connectivity index (χ2v) is 6.29. The second kappa shape index (κ2) is 7.99. The Labute approximate surface area is 161 Å². The molecule has 3 aromatic rings. The molecule has 28 heavy (non-hydrogen) atoms. The highest BCUT2D eigenvalue weighted by atomic mass is 16.5. The Morgan fingerprint density at radius 3 is 2.32 bits per heavy atom. The normalized spacial score (nSPS) is 10.7. The van der Waals surface area contributed by atoms with E-state index in [-0.39, 0.29) is 24.7 Å². The molecule has 0 bridgehead atoms. The standard InChI is InChI=1S/C20H22N4O4/c1-4-28-19(26)22-15-9-7-8-14(13(15)2)21-18(25)12-24-17-11-6-5-10-16(17)23(3)20(24)27/h5-11H,4,12H2,1-3H3,(H,21,25)(H,22,26).